The van der Waals surface area contributed by atoms with Crippen molar-refractivity contribution >= 4 is 22.6 Å². The number of rotatable bonds is 3. The van der Waals surface area contributed by atoms with Crippen molar-refractivity contribution in [2.45, 2.75) is 6.92 Å². The van der Waals surface area contributed by atoms with Gasteiger partial charge in [-0.15, -0.1) is 0 Å². The van der Waals surface area contributed by atoms with Gasteiger partial charge in [0, 0.05) is 44.0 Å². The number of amides is 1. The first-order chi connectivity index (χ1) is 13.2. The van der Waals surface area contributed by atoms with Gasteiger partial charge in [-0.2, -0.15) is 0 Å². The lowest BCUT2D eigenvalue weighted by Gasteiger charge is -2.35. The summed E-state index contributed by atoms with van der Waals surface area (Å²) >= 11 is 0. The number of pyridine rings is 1. The molecule has 1 saturated heterocycles. The highest BCUT2D eigenvalue weighted by molar-refractivity contribution is 5.92. The largest absolute Gasteiger partial charge is 0.494 e. The van der Waals surface area contributed by atoms with E-state index < -0.39 is 0 Å². The van der Waals surface area contributed by atoms with Gasteiger partial charge in [-0.3, -0.25) is 9.78 Å². The number of carbonyl (C=O) groups is 1. The average Bonchev–Trinajstić information content (AvgIpc) is 2.73. The first-order valence-corrected chi connectivity index (χ1v) is 8.92. The Morgan fingerprint density at radius 3 is 2.67 bits per heavy atom. The van der Waals surface area contributed by atoms with Gasteiger partial charge >= 0.3 is 0 Å². The van der Waals surface area contributed by atoms with Gasteiger partial charge in [-0.1, -0.05) is 12.1 Å². The Hall–Kier alpha value is -3.22. The third-order valence-electron chi connectivity index (χ3n) is 4.89. The number of ether oxygens (including phenoxy) is 1. The number of piperazine rings is 1. The van der Waals surface area contributed by atoms with Crippen LogP contribution in [0.2, 0.25) is 0 Å². The summed E-state index contributed by atoms with van der Waals surface area (Å²) in [7, 11) is 1.66. The Bertz CT molecular complexity index is 969. The minimum absolute atomic E-state index is 0.0768. The lowest BCUT2D eigenvalue weighted by molar-refractivity contribution is 0.0740. The van der Waals surface area contributed by atoms with Crippen molar-refractivity contribution in [1.29, 1.82) is 0 Å². The molecule has 0 unspecified atom stereocenters. The van der Waals surface area contributed by atoms with Crippen LogP contribution in [-0.4, -0.2) is 59.0 Å². The molecule has 1 fully saturated rings. The monoisotopic (exact) mass is 363 g/mol. The van der Waals surface area contributed by atoms with Crippen molar-refractivity contribution in [3.8, 4) is 5.75 Å². The average molecular weight is 363 g/mol. The molecule has 27 heavy (non-hydrogen) atoms. The number of nitrogens with zero attached hydrogens (tertiary/aromatic N) is 5. The molecule has 0 saturated carbocycles. The minimum atomic E-state index is -0.0768. The van der Waals surface area contributed by atoms with E-state index >= 15 is 0 Å². The van der Waals surface area contributed by atoms with Crippen LogP contribution >= 0.6 is 0 Å². The van der Waals surface area contributed by atoms with E-state index in [1.54, 1.807) is 19.5 Å². The Labute approximate surface area is 157 Å². The molecule has 1 aliphatic rings. The molecule has 7 heteroatoms. The van der Waals surface area contributed by atoms with E-state index in [1.807, 2.05) is 17.0 Å². The number of methoxy groups -OCH3 is 1. The highest BCUT2D eigenvalue weighted by Crippen LogP contribution is 2.29. The van der Waals surface area contributed by atoms with E-state index in [9.17, 15) is 4.79 Å². The highest BCUT2D eigenvalue weighted by atomic mass is 16.5. The van der Waals surface area contributed by atoms with Crippen LogP contribution in [0, 0.1) is 6.92 Å². The quantitative estimate of drug-likeness (QED) is 0.711. The van der Waals surface area contributed by atoms with Crippen molar-refractivity contribution in [3.05, 3.63) is 54.1 Å². The summed E-state index contributed by atoms with van der Waals surface area (Å²) < 4.78 is 5.48. The van der Waals surface area contributed by atoms with Gasteiger partial charge in [0.2, 0.25) is 0 Å². The summed E-state index contributed by atoms with van der Waals surface area (Å²) in [5.41, 5.74) is 2.41. The first kappa shape index (κ1) is 17.2. The summed E-state index contributed by atoms with van der Waals surface area (Å²) in [5.74, 6) is 1.61. The van der Waals surface area contributed by atoms with E-state index in [0.29, 0.717) is 18.8 Å². The van der Waals surface area contributed by atoms with Crippen LogP contribution in [0.25, 0.3) is 10.9 Å². The van der Waals surface area contributed by atoms with E-state index in [-0.39, 0.29) is 5.91 Å². The fraction of sp³-hybridized carbons (Fsp3) is 0.300. The van der Waals surface area contributed by atoms with E-state index in [2.05, 4.69) is 33.9 Å². The molecule has 1 aliphatic heterocycles. The summed E-state index contributed by atoms with van der Waals surface area (Å²) in [6, 6.07) is 8.06. The number of aryl methyl sites for hydroxylation is 1. The topological polar surface area (TPSA) is 71.5 Å². The van der Waals surface area contributed by atoms with E-state index in [4.69, 9.17) is 9.72 Å². The van der Waals surface area contributed by atoms with Gasteiger partial charge in [0.25, 0.3) is 5.91 Å². The van der Waals surface area contributed by atoms with Crippen molar-refractivity contribution < 1.29 is 9.53 Å². The summed E-state index contributed by atoms with van der Waals surface area (Å²) in [6.07, 6.45) is 4.62. The Morgan fingerprint density at radius 2 is 1.96 bits per heavy atom. The van der Waals surface area contributed by atoms with Crippen molar-refractivity contribution in [1.82, 2.24) is 19.9 Å². The third-order valence-corrected chi connectivity index (χ3v) is 4.89. The molecule has 1 amide bonds. The second kappa shape index (κ2) is 7.19. The van der Waals surface area contributed by atoms with Crippen LogP contribution in [0.4, 0.5) is 5.82 Å². The van der Waals surface area contributed by atoms with Crippen molar-refractivity contribution in [2.75, 3.05) is 38.2 Å². The standard InChI is InChI=1S/C20H21N5O2/c1-14-12-18(23-19-15(14)4-3-5-17(19)27-2)24-8-10-25(11-9-24)20(26)16-13-21-6-7-22-16/h3-7,12-13H,8-11H2,1-2H3. The molecule has 0 aliphatic carbocycles. The molecule has 0 bridgehead atoms. The molecule has 0 N–H and O–H groups in total. The number of hydrogen-bond donors (Lipinski definition) is 0. The number of fused-ring (bicyclic) bond motifs is 1. The molecule has 3 aromatic rings. The maximum atomic E-state index is 12.5. The molecule has 0 atom stereocenters. The summed E-state index contributed by atoms with van der Waals surface area (Å²) in [6.45, 7) is 4.78. The predicted molar refractivity (Wildman–Crippen MR) is 103 cm³/mol. The fourth-order valence-corrected chi connectivity index (χ4v) is 3.41. The number of hydrogen-bond acceptors (Lipinski definition) is 6. The zero-order chi connectivity index (χ0) is 18.8. The molecule has 7 nitrogen and oxygen atoms in total. The fourth-order valence-electron chi connectivity index (χ4n) is 3.41. The number of aromatic nitrogens is 3. The smallest absolute Gasteiger partial charge is 0.274 e. The molecule has 0 radical (unpaired) electrons. The molecule has 138 valence electrons. The van der Waals surface area contributed by atoms with Gasteiger partial charge in [0.05, 0.1) is 13.3 Å². The lowest BCUT2D eigenvalue weighted by atomic mass is 10.1. The van der Waals surface area contributed by atoms with Gasteiger partial charge < -0.3 is 14.5 Å². The molecule has 3 heterocycles. The van der Waals surface area contributed by atoms with Crippen molar-refractivity contribution in [2.24, 2.45) is 0 Å². The summed E-state index contributed by atoms with van der Waals surface area (Å²) in [5, 5.41) is 1.09. The van der Waals surface area contributed by atoms with Gasteiger partial charge in [0.15, 0.2) is 0 Å². The highest BCUT2D eigenvalue weighted by Gasteiger charge is 2.24. The van der Waals surface area contributed by atoms with E-state index in [1.165, 1.54) is 6.20 Å². The predicted octanol–water partition coefficient (Wildman–Crippen LogP) is 2.30. The van der Waals surface area contributed by atoms with Crippen LogP contribution in [0.15, 0.2) is 42.9 Å². The lowest BCUT2D eigenvalue weighted by Crippen LogP contribution is -2.49. The normalized spacial score (nSPS) is 14.4. The van der Waals surface area contributed by atoms with Crippen LogP contribution < -0.4 is 9.64 Å². The molecule has 4 rings (SSSR count). The molecule has 2 aromatic heterocycles. The molecular weight excluding hydrogens is 342 g/mol. The maximum absolute atomic E-state index is 12.5. The van der Waals surface area contributed by atoms with Crippen LogP contribution in [0.1, 0.15) is 16.1 Å². The van der Waals surface area contributed by atoms with Crippen LogP contribution in [0.5, 0.6) is 5.75 Å². The molecular formula is C20H21N5O2. The van der Waals surface area contributed by atoms with Gasteiger partial charge in [-0.25, -0.2) is 9.97 Å². The van der Waals surface area contributed by atoms with Gasteiger partial charge in [0.1, 0.15) is 22.8 Å². The second-order valence-corrected chi connectivity index (χ2v) is 6.52. The number of anilines is 1. The zero-order valence-electron chi connectivity index (χ0n) is 15.4. The second-order valence-electron chi connectivity index (χ2n) is 6.52. The van der Waals surface area contributed by atoms with Crippen LogP contribution in [0.3, 0.4) is 0 Å². The Morgan fingerprint density at radius 1 is 1.15 bits per heavy atom. The SMILES string of the molecule is COc1cccc2c(C)cc(N3CCN(C(=O)c4cnccn4)CC3)nc12. The maximum Gasteiger partial charge on any atom is 0.274 e. The third kappa shape index (κ3) is 3.28. The zero-order valence-corrected chi connectivity index (χ0v) is 15.4. The van der Waals surface area contributed by atoms with Crippen molar-refractivity contribution in [3.63, 3.8) is 0 Å². The summed E-state index contributed by atoms with van der Waals surface area (Å²) in [4.78, 5) is 29.5. The first-order valence-electron chi connectivity index (χ1n) is 8.92. The minimum Gasteiger partial charge on any atom is -0.494 e. The molecule has 0 spiro atoms. The number of carbonyl (C=O) groups excluding carboxylic acids is 1. The Balaban J connectivity index is 1.54. The number of para-hydroxylation sites is 1. The van der Waals surface area contributed by atoms with Crippen LogP contribution in [-0.2, 0) is 0 Å². The molecule has 1 aromatic carbocycles. The Kier molecular flexibility index (Phi) is 4.58. The van der Waals surface area contributed by atoms with E-state index in [0.717, 1.165) is 41.1 Å². The van der Waals surface area contributed by atoms with Gasteiger partial charge in [-0.05, 0) is 24.6 Å². The number of benzene rings is 1.